The van der Waals surface area contributed by atoms with Crippen LogP contribution in [0.5, 0.6) is 11.5 Å². The van der Waals surface area contributed by atoms with Crippen LogP contribution < -0.4 is 14.8 Å². The smallest absolute Gasteiger partial charge is 0.245 e. The van der Waals surface area contributed by atoms with E-state index in [2.05, 4.69) is 10.3 Å². The summed E-state index contributed by atoms with van der Waals surface area (Å²) in [6, 6.07) is 12.0. The van der Waals surface area contributed by atoms with Crippen LogP contribution >= 0.6 is 0 Å². The summed E-state index contributed by atoms with van der Waals surface area (Å²) in [7, 11) is -3.71. The number of para-hydroxylation sites is 1. The van der Waals surface area contributed by atoms with Gasteiger partial charge in [0.05, 0.1) is 11.6 Å². The number of carbonyl (C=O) groups is 1. The van der Waals surface area contributed by atoms with Gasteiger partial charge in [-0.05, 0) is 43.7 Å². The maximum Gasteiger partial charge on any atom is 0.245 e. The third kappa shape index (κ3) is 4.69. The number of ether oxygens (including phenoxy) is 2. The normalized spacial score (nSPS) is 17.8. The molecule has 1 aromatic heterocycles. The molecule has 2 aromatic carbocycles. The van der Waals surface area contributed by atoms with Gasteiger partial charge in [0.25, 0.3) is 0 Å². The van der Waals surface area contributed by atoms with Crippen LogP contribution in [0, 0.1) is 6.92 Å². The molecule has 1 unspecified atom stereocenters. The molecule has 2 aliphatic heterocycles. The molecule has 1 saturated heterocycles. The number of carbonyl (C=O) groups excluding carboxylic acids is 1. The van der Waals surface area contributed by atoms with Gasteiger partial charge in [-0.25, -0.2) is 8.42 Å². The minimum Gasteiger partial charge on any atom is -0.486 e. The first kappa shape index (κ1) is 23.5. The fourth-order valence-corrected chi connectivity index (χ4v) is 6.04. The van der Waals surface area contributed by atoms with Gasteiger partial charge >= 0.3 is 0 Å². The highest BCUT2D eigenvalue weighted by molar-refractivity contribution is 7.89. The number of hydrogen-bond acceptors (Lipinski definition) is 7. The van der Waals surface area contributed by atoms with E-state index < -0.39 is 16.1 Å². The van der Waals surface area contributed by atoms with Crippen molar-refractivity contribution < 1.29 is 22.7 Å². The SMILES string of the molecule is Cc1cnc2c(S(=O)(=O)N3CCN(C(C)C(=O)Nc4ccc5c(c4)OCCO5)CC3)cccc2c1. The van der Waals surface area contributed by atoms with Gasteiger partial charge in [-0.2, -0.15) is 4.31 Å². The molecule has 10 heteroatoms. The third-order valence-corrected chi connectivity index (χ3v) is 8.37. The summed E-state index contributed by atoms with van der Waals surface area (Å²) < 4.78 is 39.4. The molecule has 0 bridgehead atoms. The molecule has 1 N–H and O–H groups in total. The summed E-state index contributed by atoms with van der Waals surface area (Å²) in [5.41, 5.74) is 2.09. The lowest BCUT2D eigenvalue weighted by molar-refractivity contribution is -0.121. The number of piperazine rings is 1. The number of aryl methyl sites for hydroxylation is 1. The Bertz CT molecular complexity index is 1370. The van der Waals surface area contributed by atoms with Crippen molar-refractivity contribution in [3.8, 4) is 11.5 Å². The van der Waals surface area contributed by atoms with Crippen molar-refractivity contribution in [1.82, 2.24) is 14.2 Å². The Hall–Kier alpha value is -3.21. The van der Waals surface area contributed by atoms with E-state index in [9.17, 15) is 13.2 Å². The topological polar surface area (TPSA) is 101 Å². The van der Waals surface area contributed by atoms with Gasteiger partial charge < -0.3 is 14.8 Å². The molecule has 0 saturated carbocycles. The second-order valence-corrected chi connectivity index (χ2v) is 10.7. The van der Waals surface area contributed by atoms with E-state index in [1.54, 1.807) is 36.5 Å². The van der Waals surface area contributed by atoms with Crippen LogP contribution in [0.25, 0.3) is 10.9 Å². The van der Waals surface area contributed by atoms with Gasteiger partial charge in [0.15, 0.2) is 11.5 Å². The molecule has 0 aliphatic carbocycles. The molecule has 3 heterocycles. The van der Waals surface area contributed by atoms with Crippen LogP contribution in [-0.2, 0) is 14.8 Å². The van der Waals surface area contributed by atoms with E-state index in [0.29, 0.717) is 62.1 Å². The average Bonchev–Trinajstić information content (AvgIpc) is 2.87. The van der Waals surface area contributed by atoms with Gasteiger partial charge in [-0.15, -0.1) is 0 Å². The van der Waals surface area contributed by atoms with Crippen molar-refractivity contribution in [2.24, 2.45) is 0 Å². The maximum atomic E-state index is 13.4. The predicted octanol–water partition coefficient (Wildman–Crippen LogP) is 2.65. The van der Waals surface area contributed by atoms with Crippen molar-refractivity contribution in [1.29, 1.82) is 0 Å². The monoisotopic (exact) mass is 496 g/mol. The van der Waals surface area contributed by atoms with Gasteiger partial charge in [-0.3, -0.25) is 14.7 Å². The van der Waals surface area contributed by atoms with Crippen LogP contribution in [0.2, 0.25) is 0 Å². The molecule has 1 atom stereocenters. The molecule has 1 amide bonds. The van der Waals surface area contributed by atoms with Crippen LogP contribution in [0.15, 0.2) is 53.6 Å². The number of rotatable bonds is 5. The van der Waals surface area contributed by atoms with Crippen molar-refractivity contribution in [2.45, 2.75) is 24.8 Å². The minimum atomic E-state index is -3.71. The Morgan fingerprint density at radius 1 is 1.03 bits per heavy atom. The summed E-state index contributed by atoms with van der Waals surface area (Å²) in [5.74, 6) is 1.11. The zero-order chi connectivity index (χ0) is 24.6. The molecular weight excluding hydrogens is 468 g/mol. The zero-order valence-corrected chi connectivity index (χ0v) is 20.5. The third-order valence-electron chi connectivity index (χ3n) is 6.44. The van der Waals surface area contributed by atoms with E-state index in [0.717, 1.165) is 10.9 Å². The summed E-state index contributed by atoms with van der Waals surface area (Å²) in [4.78, 5) is 19.5. The molecule has 2 aliphatic rings. The second-order valence-electron chi connectivity index (χ2n) is 8.80. The van der Waals surface area contributed by atoms with Gasteiger partial charge in [0, 0.05) is 49.5 Å². The Morgan fingerprint density at radius 3 is 2.54 bits per heavy atom. The highest BCUT2D eigenvalue weighted by Crippen LogP contribution is 2.32. The van der Waals surface area contributed by atoms with Crippen molar-refractivity contribution in [3.05, 3.63) is 54.2 Å². The second kappa shape index (κ2) is 9.44. The van der Waals surface area contributed by atoms with Crippen LogP contribution in [0.4, 0.5) is 5.69 Å². The van der Waals surface area contributed by atoms with Crippen LogP contribution in [0.3, 0.4) is 0 Å². The number of nitrogens with zero attached hydrogens (tertiary/aromatic N) is 3. The van der Waals surface area contributed by atoms with Crippen molar-refractivity contribution >= 4 is 32.5 Å². The molecular formula is C25H28N4O5S. The summed E-state index contributed by atoms with van der Waals surface area (Å²) in [5, 5.41) is 3.72. The molecule has 35 heavy (non-hydrogen) atoms. The van der Waals surface area contributed by atoms with Gasteiger partial charge in [0.2, 0.25) is 15.9 Å². The number of hydrogen-bond donors (Lipinski definition) is 1. The molecule has 1 fully saturated rings. The number of fused-ring (bicyclic) bond motifs is 2. The fraction of sp³-hybridized carbons (Fsp3) is 0.360. The lowest BCUT2D eigenvalue weighted by Gasteiger charge is -2.36. The minimum absolute atomic E-state index is 0.161. The van der Waals surface area contributed by atoms with Crippen LogP contribution in [0.1, 0.15) is 12.5 Å². The molecule has 0 spiro atoms. The number of benzene rings is 2. The largest absolute Gasteiger partial charge is 0.486 e. The summed E-state index contributed by atoms with van der Waals surface area (Å²) in [6.45, 7) is 6.24. The maximum absolute atomic E-state index is 13.4. The lowest BCUT2D eigenvalue weighted by Crippen LogP contribution is -2.53. The first-order chi connectivity index (χ1) is 16.8. The van der Waals surface area contributed by atoms with Gasteiger partial charge in [-0.1, -0.05) is 12.1 Å². The van der Waals surface area contributed by atoms with Gasteiger partial charge in [0.1, 0.15) is 18.1 Å². The highest BCUT2D eigenvalue weighted by Gasteiger charge is 2.33. The standard InChI is InChI=1S/C25H28N4O5S/c1-17-14-19-4-3-5-23(24(19)26-16-17)35(31,32)29-10-8-28(9-11-29)18(2)25(30)27-20-6-7-21-22(15-20)34-13-12-33-21/h3-7,14-16,18H,8-13H2,1-2H3,(H,27,30). The average molecular weight is 497 g/mol. The number of nitrogens with one attached hydrogen (secondary N) is 1. The Morgan fingerprint density at radius 2 is 1.77 bits per heavy atom. The van der Waals surface area contributed by atoms with E-state index in [1.165, 1.54) is 4.31 Å². The van der Waals surface area contributed by atoms with E-state index in [-0.39, 0.29) is 10.8 Å². The van der Waals surface area contributed by atoms with Crippen molar-refractivity contribution in [3.63, 3.8) is 0 Å². The molecule has 3 aromatic rings. The molecule has 9 nitrogen and oxygen atoms in total. The Labute approximate surface area is 204 Å². The fourth-order valence-electron chi connectivity index (χ4n) is 4.45. The molecule has 0 radical (unpaired) electrons. The zero-order valence-electron chi connectivity index (χ0n) is 19.7. The van der Waals surface area contributed by atoms with E-state index >= 15 is 0 Å². The van der Waals surface area contributed by atoms with E-state index in [1.807, 2.05) is 30.9 Å². The first-order valence-corrected chi connectivity index (χ1v) is 13.1. The van der Waals surface area contributed by atoms with Crippen molar-refractivity contribution in [2.75, 3.05) is 44.7 Å². The first-order valence-electron chi connectivity index (χ1n) is 11.6. The Kier molecular flexibility index (Phi) is 6.35. The highest BCUT2D eigenvalue weighted by atomic mass is 32.2. The summed E-state index contributed by atoms with van der Waals surface area (Å²) >= 11 is 0. The molecule has 184 valence electrons. The predicted molar refractivity (Wildman–Crippen MR) is 132 cm³/mol. The Balaban J connectivity index is 1.24. The lowest BCUT2D eigenvalue weighted by atomic mass is 10.2. The number of amides is 1. The van der Waals surface area contributed by atoms with E-state index in [4.69, 9.17) is 9.47 Å². The summed E-state index contributed by atoms with van der Waals surface area (Å²) in [6.07, 6.45) is 1.68. The number of anilines is 1. The number of sulfonamides is 1. The molecule has 5 rings (SSSR count). The van der Waals surface area contributed by atoms with Crippen LogP contribution in [-0.4, -0.2) is 73.9 Å². The number of aromatic nitrogens is 1. The number of pyridine rings is 1. The quantitative estimate of drug-likeness (QED) is 0.580.